The Kier molecular flexibility index (Phi) is 6.75. The molecule has 5 nitrogen and oxygen atoms in total. The van der Waals surface area contributed by atoms with Gasteiger partial charge < -0.3 is 10.5 Å². The van der Waals surface area contributed by atoms with E-state index in [9.17, 15) is 4.79 Å². The third kappa shape index (κ3) is 3.97. The summed E-state index contributed by atoms with van der Waals surface area (Å²) in [6.45, 7) is 3.89. The predicted octanol–water partition coefficient (Wildman–Crippen LogP) is 3.93. The molecule has 3 aromatic rings. The molecule has 1 fully saturated rings. The predicted molar refractivity (Wildman–Crippen MR) is 125 cm³/mol. The third-order valence-corrected chi connectivity index (χ3v) is 7.20. The molecule has 2 aromatic carbocycles. The Morgan fingerprint density at radius 1 is 1.09 bits per heavy atom. The van der Waals surface area contributed by atoms with Crippen molar-refractivity contribution in [3.05, 3.63) is 90.0 Å². The molecule has 5 heteroatoms. The summed E-state index contributed by atoms with van der Waals surface area (Å²) in [4.78, 5) is 13.3. The molecular formula is C27H34N3O2+. The fourth-order valence-corrected chi connectivity index (χ4v) is 5.65. The van der Waals surface area contributed by atoms with Crippen LogP contribution < -0.4 is 10.3 Å². The van der Waals surface area contributed by atoms with Crippen LogP contribution in [0.25, 0.3) is 0 Å². The number of amides is 1. The lowest BCUT2D eigenvalue weighted by atomic mass is 9.64. The van der Waals surface area contributed by atoms with Gasteiger partial charge in [0.15, 0.2) is 0 Å². The molecule has 2 atom stereocenters. The van der Waals surface area contributed by atoms with Crippen LogP contribution >= 0.6 is 0 Å². The van der Waals surface area contributed by atoms with Gasteiger partial charge in [0.2, 0.25) is 5.91 Å². The number of methoxy groups -OCH3 is 1. The third-order valence-electron chi connectivity index (χ3n) is 7.20. The molecule has 0 spiro atoms. The van der Waals surface area contributed by atoms with Crippen molar-refractivity contribution in [2.45, 2.75) is 50.6 Å². The number of nitrogens with zero attached hydrogens (tertiary/aromatic N) is 2. The van der Waals surface area contributed by atoms with Gasteiger partial charge in [-0.25, -0.2) is 9.13 Å². The molecule has 1 aliphatic carbocycles. The number of imidazole rings is 1. The molecule has 4 rings (SSSR count). The number of aromatic nitrogens is 2. The summed E-state index contributed by atoms with van der Waals surface area (Å²) in [7, 11) is 1.74. The second-order valence-electron chi connectivity index (χ2n) is 8.86. The van der Waals surface area contributed by atoms with Gasteiger partial charge >= 0.3 is 0 Å². The van der Waals surface area contributed by atoms with E-state index >= 15 is 0 Å². The van der Waals surface area contributed by atoms with Gasteiger partial charge in [0.1, 0.15) is 23.9 Å². The van der Waals surface area contributed by atoms with E-state index in [-0.39, 0.29) is 11.8 Å². The quantitative estimate of drug-likeness (QED) is 0.411. The first-order chi connectivity index (χ1) is 15.6. The molecule has 1 aromatic heterocycles. The number of nitrogens with two attached hydrogens (primary N) is 1. The van der Waals surface area contributed by atoms with Crippen molar-refractivity contribution in [1.82, 2.24) is 4.57 Å². The Morgan fingerprint density at radius 3 is 2.28 bits per heavy atom. The number of hydrogen-bond donors (Lipinski definition) is 1. The molecule has 0 aliphatic heterocycles. The number of ether oxygens (including phenoxy) is 1. The van der Waals surface area contributed by atoms with Crippen LogP contribution in [0.4, 0.5) is 0 Å². The molecule has 0 saturated heterocycles. The fourth-order valence-electron chi connectivity index (χ4n) is 5.65. The highest BCUT2D eigenvalue weighted by molar-refractivity contribution is 5.91. The highest BCUT2D eigenvalue weighted by Gasteiger charge is 2.51. The summed E-state index contributed by atoms with van der Waals surface area (Å²) in [5.74, 6) is 1.12. The lowest BCUT2D eigenvalue weighted by Gasteiger charge is -2.37. The van der Waals surface area contributed by atoms with E-state index < -0.39 is 5.41 Å². The van der Waals surface area contributed by atoms with Crippen molar-refractivity contribution in [1.29, 1.82) is 0 Å². The highest BCUT2D eigenvalue weighted by atomic mass is 16.5. The average molecular weight is 433 g/mol. The zero-order chi connectivity index (χ0) is 22.6. The van der Waals surface area contributed by atoms with Crippen LogP contribution in [0.3, 0.4) is 0 Å². The van der Waals surface area contributed by atoms with E-state index in [2.05, 4.69) is 52.7 Å². The number of hydrogen-bond acceptors (Lipinski definition) is 2. The lowest BCUT2D eigenvalue weighted by Crippen LogP contribution is -2.47. The van der Waals surface area contributed by atoms with Crippen molar-refractivity contribution >= 4 is 5.91 Å². The molecule has 1 heterocycles. The van der Waals surface area contributed by atoms with E-state index in [1.54, 1.807) is 7.11 Å². The number of aryl methyl sites for hydroxylation is 1. The molecule has 1 aliphatic rings. The molecule has 2 unspecified atom stereocenters. The van der Waals surface area contributed by atoms with Crippen LogP contribution in [-0.2, 0) is 21.5 Å². The van der Waals surface area contributed by atoms with Crippen LogP contribution in [-0.4, -0.2) is 24.2 Å². The Hall–Kier alpha value is -2.92. The molecule has 1 saturated carbocycles. The SMILES string of the molecule is COCCC[n+]1ccn(C2CCC(C(C(N)=O)(c3ccccc3)c3ccccc3)C2)c1C. The molecule has 2 N–H and O–H groups in total. The molecular weight excluding hydrogens is 398 g/mol. The Balaban J connectivity index is 1.67. The van der Waals surface area contributed by atoms with Gasteiger partial charge in [-0.1, -0.05) is 60.7 Å². The van der Waals surface area contributed by atoms with Crippen molar-refractivity contribution in [3.8, 4) is 0 Å². The minimum Gasteiger partial charge on any atom is -0.385 e. The summed E-state index contributed by atoms with van der Waals surface area (Å²) in [5.41, 5.74) is 7.39. The topological polar surface area (TPSA) is 61.1 Å². The van der Waals surface area contributed by atoms with E-state index in [0.29, 0.717) is 6.04 Å². The van der Waals surface area contributed by atoms with E-state index in [1.165, 1.54) is 5.82 Å². The summed E-state index contributed by atoms with van der Waals surface area (Å²) in [6, 6.07) is 20.5. The molecule has 0 radical (unpaired) electrons. The van der Waals surface area contributed by atoms with Crippen LogP contribution in [0.15, 0.2) is 73.1 Å². The van der Waals surface area contributed by atoms with Crippen LogP contribution in [0.2, 0.25) is 0 Å². The lowest BCUT2D eigenvalue weighted by molar-refractivity contribution is -0.703. The largest absolute Gasteiger partial charge is 0.385 e. The van der Waals surface area contributed by atoms with Gasteiger partial charge in [-0.2, -0.15) is 0 Å². The van der Waals surface area contributed by atoms with Crippen LogP contribution in [0.1, 0.15) is 48.7 Å². The molecule has 168 valence electrons. The maximum atomic E-state index is 13.3. The van der Waals surface area contributed by atoms with Crippen LogP contribution in [0.5, 0.6) is 0 Å². The summed E-state index contributed by atoms with van der Waals surface area (Å²) < 4.78 is 9.88. The summed E-state index contributed by atoms with van der Waals surface area (Å²) in [5, 5.41) is 0. The van der Waals surface area contributed by atoms with Crippen LogP contribution in [0, 0.1) is 12.8 Å². The van der Waals surface area contributed by atoms with Crippen molar-refractivity contribution < 1.29 is 14.1 Å². The van der Waals surface area contributed by atoms with Gasteiger partial charge in [0.25, 0.3) is 5.82 Å². The number of benzene rings is 2. The van der Waals surface area contributed by atoms with Crippen molar-refractivity contribution in [3.63, 3.8) is 0 Å². The molecule has 32 heavy (non-hydrogen) atoms. The minimum atomic E-state index is -0.827. The van der Waals surface area contributed by atoms with Gasteiger partial charge in [0.05, 0.1) is 6.54 Å². The monoisotopic (exact) mass is 432 g/mol. The Bertz CT molecular complexity index is 990. The van der Waals surface area contributed by atoms with E-state index in [4.69, 9.17) is 10.5 Å². The Labute approximate surface area is 190 Å². The smallest absolute Gasteiger partial charge is 0.253 e. The average Bonchev–Trinajstić information content (AvgIpc) is 3.43. The van der Waals surface area contributed by atoms with Crippen molar-refractivity contribution in [2.75, 3.05) is 13.7 Å². The summed E-state index contributed by atoms with van der Waals surface area (Å²) in [6.07, 6.45) is 8.25. The molecule has 0 bridgehead atoms. The van der Waals surface area contributed by atoms with Gasteiger partial charge in [-0.05, 0) is 36.3 Å². The van der Waals surface area contributed by atoms with E-state index in [0.717, 1.165) is 50.0 Å². The maximum absolute atomic E-state index is 13.3. The molecule has 1 amide bonds. The second kappa shape index (κ2) is 9.70. The normalized spacial score (nSPS) is 18.7. The Morgan fingerprint density at radius 2 is 1.72 bits per heavy atom. The first-order valence-corrected chi connectivity index (χ1v) is 11.6. The van der Waals surface area contributed by atoms with Gasteiger partial charge in [0, 0.05) is 27.1 Å². The number of carbonyl (C=O) groups is 1. The van der Waals surface area contributed by atoms with Gasteiger partial charge in [-0.3, -0.25) is 4.79 Å². The summed E-state index contributed by atoms with van der Waals surface area (Å²) >= 11 is 0. The second-order valence-corrected chi connectivity index (χ2v) is 8.86. The number of rotatable bonds is 9. The minimum absolute atomic E-state index is 0.138. The standard InChI is InChI=1S/C27H33N3O2/c1-21-29(16-9-19-32-2)17-18-30(21)25-15-14-24(20-25)27(26(28)31,22-10-5-3-6-11-22)23-12-7-4-8-13-23/h3-8,10-13,17-18,24-25H,9,14-16,19-20H2,1-2H3,(H-,28,31)/p+1. The highest BCUT2D eigenvalue weighted by Crippen LogP contribution is 2.49. The zero-order valence-corrected chi connectivity index (χ0v) is 19.1. The number of carbonyl (C=O) groups excluding carboxylic acids is 1. The van der Waals surface area contributed by atoms with Crippen molar-refractivity contribution in [2.24, 2.45) is 11.7 Å². The fraction of sp³-hybridized carbons (Fsp3) is 0.407. The van der Waals surface area contributed by atoms with E-state index in [1.807, 2.05) is 36.4 Å². The number of primary amides is 1. The van der Waals surface area contributed by atoms with Gasteiger partial charge in [-0.15, -0.1) is 0 Å². The first kappa shape index (κ1) is 22.3. The zero-order valence-electron chi connectivity index (χ0n) is 19.1. The maximum Gasteiger partial charge on any atom is 0.253 e. The first-order valence-electron chi connectivity index (χ1n) is 11.6.